The van der Waals surface area contributed by atoms with Crippen LogP contribution in [0.2, 0.25) is 0 Å². The average Bonchev–Trinajstić information content (AvgIpc) is 1.97. The maximum atomic E-state index is 11.8. The zero-order valence-corrected chi connectivity index (χ0v) is 6.59. The largest absolute Gasteiger partial charge is 0.303 e. The summed E-state index contributed by atoms with van der Waals surface area (Å²) in [6, 6.07) is 0. The van der Waals surface area contributed by atoms with Crippen LogP contribution >= 0.6 is 0 Å². The van der Waals surface area contributed by atoms with Gasteiger partial charge >= 0.3 is 0 Å². The summed E-state index contributed by atoms with van der Waals surface area (Å²) in [5.41, 5.74) is 0. The van der Waals surface area contributed by atoms with Crippen LogP contribution in [-0.4, -0.2) is 37.2 Å². The second-order valence-corrected chi connectivity index (χ2v) is 2.24. The van der Waals surface area contributed by atoms with Gasteiger partial charge in [0.2, 0.25) is 0 Å². The molecule has 0 rings (SSSR count). The van der Waals surface area contributed by atoms with Gasteiger partial charge in [-0.25, -0.2) is 8.78 Å². The van der Waals surface area contributed by atoms with Gasteiger partial charge in [-0.3, -0.25) is 4.90 Å². The molecule has 0 aliphatic rings. The van der Waals surface area contributed by atoms with Crippen molar-refractivity contribution in [1.29, 1.82) is 0 Å². The molecule has 0 radical (unpaired) electrons. The molecule has 0 aliphatic heterocycles. The summed E-state index contributed by atoms with van der Waals surface area (Å²) >= 11 is 0. The lowest BCUT2D eigenvalue weighted by Gasteiger charge is -2.17. The second-order valence-electron chi connectivity index (χ2n) is 2.24. The first-order valence-electron chi connectivity index (χ1n) is 3.64. The van der Waals surface area contributed by atoms with Crippen molar-refractivity contribution in [2.24, 2.45) is 0 Å². The molecule has 0 aliphatic carbocycles. The van der Waals surface area contributed by atoms with Gasteiger partial charge in [0.25, 0.3) is 6.43 Å². The van der Waals surface area contributed by atoms with Crippen molar-refractivity contribution < 1.29 is 13.6 Å². The Morgan fingerprint density at radius 3 is 2.55 bits per heavy atom. The predicted molar refractivity (Wildman–Crippen MR) is 38.8 cm³/mol. The zero-order chi connectivity index (χ0) is 8.69. The highest BCUT2D eigenvalue weighted by atomic mass is 19.3. The molecular weight excluding hydrogens is 152 g/mol. The maximum absolute atomic E-state index is 11.8. The number of hydrogen-bond acceptors (Lipinski definition) is 2. The number of hydrogen-bond donors (Lipinski definition) is 0. The molecule has 0 amide bonds. The summed E-state index contributed by atoms with van der Waals surface area (Å²) in [7, 11) is 0. The molecule has 0 aromatic heterocycles. The highest BCUT2D eigenvalue weighted by molar-refractivity contribution is 5.49. The summed E-state index contributed by atoms with van der Waals surface area (Å²) in [6.07, 6.45) is -1.23. The normalized spacial score (nSPS) is 11.0. The molecule has 0 aromatic carbocycles. The molecule has 0 bridgehead atoms. The monoisotopic (exact) mass is 165 g/mol. The van der Waals surface area contributed by atoms with Gasteiger partial charge in [-0.1, -0.05) is 6.92 Å². The van der Waals surface area contributed by atoms with Crippen molar-refractivity contribution in [1.82, 2.24) is 4.90 Å². The van der Waals surface area contributed by atoms with Crippen LogP contribution in [0.25, 0.3) is 0 Å². The van der Waals surface area contributed by atoms with Gasteiger partial charge in [0.1, 0.15) is 6.29 Å². The number of alkyl halides is 2. The van der Waals surface area contributed by atoms with E-state index in [1.165, 1.54) is 0 Å². The Morgan fingerprint density at radius 1 is 1.55 bits per heavy atom. The fraction of sp³-hybridized carbons (Fsp3) is 0.857. The third kappa shape index (κ3) is 5.91. The van der Waals surface area contributed by atoms with Gasteiger partial charge in [0, 0.05) is 13.0 Å². The van der Waals surface area contributed by atoms with Crippen LogP contribution in [0.5, 0.6) is 0 Å². The quantitative estimate of drug-likeness (QED) is 0.550. The first kappa shape index (κ1) is 10.5. The molecule has 0 atom stereocenters. The average molecular weight is 165 g/mol. The molecule has 0 spiro atoms. The van der Waals surface area contributed by atoms with Crippen molar-refractivity contribution in [2.75, 3.05) is 19.6 Å². The summed E-state index contributed by atoms with van der Waals surface area (Å²) < 4.78 is 23.5. The smallest absolute Gasteiger partial charge is 0.251 e. The Hall–Kier alpha value is -0.510. The standard InChI is InChI=1S/C7H13F2NO/c1-2-10(4-3-5-11)6-7(8)9/h5,7H,2-4,6H2,1H3. The third-order valence-corrected chi connectivity index (χ3v) is 1.41. The number of carbonyl (C=O) groups is 1. The summed E-state index contributed by atoms with van der Waals surface area (Å²) in [5.74, 6) is 0. The highest BCUT2D eigenvalue weighted by Gasteiger charge is 2.08. The van der Waals surface area contributed by atoms with Crippen molar-refractivity contribution in [2.45, 2.75) is 19.8 Å². The van der Waals surface area contributed by atoms with E-state index in [9.17, 15) is 13.6 Å². The molecule has 0 aromatic rings. The first-order valence-corrected chi connectivity index (χ1v) is 3.64. The van der Waals surface area contributed by atoms with Gasteiger partial charge < -0.3 is 4.79 Å². The van der Waals surface area contributed by atoms with E-state index in [4.69, 9.17) is 0 Å². The molecule has 4 heteroatoms. The second kappa shape index (κ2) is 6.22. The van der Waals surface area contributed by atoms with E-state index in [2.05, 4.69) is 0 Å². The molecule has 66 valence electrons. The topological polar surface area (TPSA) is 20.3 Å². The van der Waals surface area contributed by atoms with Crippen molar-refractivity contribution in [3.8, 4) is 0 Å². The molecule has 0 unspecified atom stereocenters. The van der Waals surface area contributed by atoms with E-state index in [0.29, 0.717) is 19.5 Å². The minimum atomic E-state index is -2.30. The fourth-order valence-electron chi connectivity index (χ4n) is 0.809. The van der Waals surface area contributed by atoms with Crippen LogP contribution in [-0.2, 0) is 4.79 Å². The number of carbonyl (C=O) groups excluding carboxylic acids is 1. The molecule has 2 nitrogen and oxygen atoms in total. The summed E-state index contributed by atoms with van der Waals surface area (Å²) in [4.78, 5) is 11.5. The third-order valence-electron chi connectivity index (χ3n) is 1.41. The molecule has 0 saturated carbocycles. The molecule has 0 N–H and O–H groups in total. The molecule has 0 saturated heterocycles. The van der Waals surface area contributed by atoms with Crippen LogP contribution in [0.3, 0.4) is 0 Å². The van der Waals surface area contributed by atoms with E-state index in [-0.39, 0.29) is 6.54 Å². The predicted octanol–water partition coefficient (Wildman–Crippen LogP) is 1.16. The molecule has 0 heterocycles. The molecule has 0 fully saturated rings. The molecular formula is C7H13F2NO. The van der Waals surface area contributed by atoms with E-state index < -0.39 is 6.43 Å². The van der Waals surface area contributed by atoms with Gasteiger partial charge in [0.05, 0.1) is 6.54 Å². The lowest BCUT2D eigenvalue weighted by atomic mass is 10.4. The van der Waals surface area contributed by atoms with Crippen molar-refractivity contribution in [3.63, 3.8) is 0 Å². The Kier molecular flexibility index (Phi) is 5.93. The Labute approximate surface area is 65.2 Å². The van der Waals surface area contributed by atoms with Gasteiger partial charge in [-0.15, -0.1) is 0 Å². The van der Waals surface area contributed by atoms with Crippen LogP contribution in [0.1, 0.15) is 13.3 Å². The number of rotatable bonds is 6. The van der Waals surface area contributed by atoms with Gasteiger partial charge in [-0.05, 0) is 6.54 Å². The SMILES string of the molecule is CCN(CCC=O)CC(F)F. The Bertz CT molecular complexity index is 109. The van der Waals surface area contributed by atoms with Gasteiger partial charge in [0.15, 0.2) is 0 Å². The summed E-state index contributed by atoms with van der Waals surface area (Å²) in [5, 5.41) is 0. The Balaban J connectivity index is 3.48. The minimum Gasteiger partial charge on any atom is -0.303 e. The lowest BCUT2D eigenvalue weighted by molar-refractivity contribution is -0.108. The van der Waals surface area contributed by atoms with Crippen LogP contribution in [0.4, 0.5) is 8.78 Å². The minimum absolute atomic E-state index is 0.232. The lowest BCUT2D eigenvalue weighted by Crippen LogP contribution is -2.29. The summed E-state index contributed by atoms with van der Waals surface area (Å²) in [6.45, 7) is 2.57. The van der Waals surface area contributed by atoms with E-state index in [0.717, 1.165) is 6.29 Å². The van der Waals surface area contributed by atoms with E-state index in [1.807, 2.05) is 0 Å². The number of nitrogens with zero attached hydrogens (tertiary/aromatic N) is 1. The van der Waals surface area contributed by atoms with Gasteiger partial charge in [-0.2, -0.15) is 0 Å². The van der Waals surface area contributed by atoms with Crippen LogP contribution in [0.15, 0.2) is 0 Å². The van der Waals surface area contributed by atoms with Crippen molar-refractivity contribution in [3.05, 3.63) is 0 Å². The van der Waals surface area contributed by atoms with Crippen molar-refractivity contribution >= 4 is 6.29 Å². The number of halogens is 2. The molecule has 11 heavy (non-hydrogen) atoms. The Morgan fingerprint density at radius 2 is 2.18 bits per heavy atom. The zero-order valence-electron chi connectivity index (χ0n) is 6.59. The number of aldehydes is 1. The van der Waals surface area contributed by atoms with Crippen LogP contribution in [0, 0.1) is 0 Å². The van der Waals surface area contributed by atoms with E-state index >= 15 is 0 Å². The fourth-order valence-corrected chi connectivity index (χ4v) is 0.809. The first-order chi connectivity index (χ1) is 5.20. The maximum Gasteiger partial charge on any atom is 0.251 e. The highest BCUT2D eigenvalue weighted by Crippen LogP contribution is 1.97. The van der Waals surface area contributed by atoms with Crippen LogP contribution < -0.4 is 0 Å². The van der Waals surface area contributed by atoms with E-state index in [1.54, 1.807) is 11.8 Å².